The zero-order valence-corrected chi connectivity index (χ0v) is 23.5. The van der Waals surface area contributed by atoms with Crippen LogP contribution in [0.3, 0.4) is 0 Å². The Bertz CT molecular complexity index is 1180. The molecular formula is C27H34F4N2O5Si. The van der Waals surface area contributed by atoms with Crippen LogP contribution in [-0.2, 0) is 22.2 Å². The van der Waals surface area contributed by atoms with E-state index in [0.29, 0.717) is 5.56 Å². The molecule has 0 heterocycles. The first-order valence-electron chi connectivity index (χ1n) is 12.1. The summed E-state index contributed by atoms with van der Waals surface area (Å²) in [6.07, 6.45) is -5.68. The molecule has 0 bridgehead atoms. The van der Waals surface area contributed by atoms with Crippen LogP contribution in [0.15, 0.2) is 43.0 Å². The Kier molecular flexibility index (Phi) is 10.3. The second-order valence-corrected chi connectivity index (χ2v) is 15.3. The van der Waals surface area contributed by atoms with Gasteiger partial charge in [0.2, 0.25) is 0 Å². The molecule has 0 fully saturated rings. The lowest BCUT2D eigenvalue weighted by molar-refractivity contribution is -0.167. The average molecular weight is 571 g/mol. The number of hydrogen-bond acceptors (Lipinski definition) is 4. The van der Waals surface area contributed by atoms with Gasteiger partial charge in [-0.3, -0.25) is 4.79 Å². The van der Waals surface area contributed by atoms with E-state index in [1.54, 1.807) is 35.6 Å². The van der Waals surface area contributed by atoms with Gasteiger partial charge in [0.05, 0.1) is 12.6 Å². The van der Waals surface area contributed by atoms with Crippen LogP contribution in [-0.4, -0.2) is 44.2 Å². The molecule has 39 heavy (non-hydrogen) atoms. The van der Waals surface area contributed by atoms with Gasteiger partial charge in [0, 0.05) is 0 Å². The van der Waals surface area contributed by atoms with E-state index in [2.05, 4.69) is 11.9 Å². The summed E-state index contributed by atoms with van der Waals surface area (Å²) in [4.78, 5) is 23.3. The molecule has 1 atom stereocenters. The van der Waals surface area contributed by atoms with Gasteiger partial charge in [-0.15, -0.1) is 0 Å². The lowest BCUT2D eigenvalue weighted by atomic mass is 9.98. The minimum atomic E-state index is -5.29. The summed E-state index contributed by atoms with van der Waals surface area (Å²) in [6.45, 7) is 13.4. The monoisotopic (exact) mass is 570 g/mol. The summed E-state index contributed by atoms with van der Waals surface area (Å²) in [5.74, 6) is -3.92. The number of ether oxygens (including phenoxy) is 1. The molecule has 0 unspecified atom stereocenters. The smallest absolute Gasteiger partial charge is 0.471 e. The van der Waals surface area contributed by atoms with Crippen LogP contribution in [0.5, 0.6) is 5.75 Å². The van der Waals surface area contributed by atoms with Crippen LogP contribution in [0.1, 0.15) is 37.5 Å². The van der Waals surface area contributed by atoms with Crippen LogP contribution < -0.4 is 15.4 Å². The molecule has 0 spiro atoms. The van der Waals surface area contributed by atoms with Gasteiger partial charge >= 0.3 is 18.2 Å². The highest BCUT2D eigenvalue weighted by atomic mass is 28.4. The molecule has 3 N–H and O–H groups in total. The lowest BCUT2D eigenvalue weighted by Gasteiger charge is -2.37. The van der Waals surface area contributed by atoms with E-state index in [1.165, 1.54) is 12.1 Å². The molecule has 0 aliphatic carbocycles. The van der Waals surface area contributed by atoms with E-state index >= 15 is 4.39 Å². The Labute approximate surface area is 226 Å². The Balaban J connectivity index is 2.51. The maximum Gasteiger partial charge on any atom is 0.471 e. The second kappa shape index (κ2) is 12.6. The maximum atomic E-state index is 15.9. The predicted octanol–water partition coefficient (Wildman–Crippen LogP) is 6.75. The molecule has 214 valence electrons. The van der Waals surface area contributed by atoms with E-state index in [4.69, 9.17) is 9.16 Å². The summed E-state index contributed by atoms with van der Waals surface area (Å²) >= 11 is 0. The van der Waals surface area contributed by atoms with Gasteiger partial charge < -0.3 is 24.9 Å². The van der Waals surface area contributed by atoms with Crippen LogP contribution in [0.4, 0.5) is 28.0 Å². The Morgan fingerprint density at radius 1 is 1.15 bits per heavy atom. The molecule has 2 amide bonds. The van der Waals surface area contributed by atoms with Gasteiger partial charge in [0.1, 0.15) is 18.0 Å². The van der Waals surface area contributed by atoms with E-state index in [1.807, 2.05) is 33.9 Å². The maximum absolute atomic E-state index is 15.9. The molecular weight excluding hydrogens is 536 g/mol. The minimum Gasteiger partial charge on any atom is -0.487 e. The first-order chi connectivity index (χ1) is 18.0. The molecule has 0 aliphatic rings. The summed E-state index contributed by atoms with van der Waals surface area (Å²) in [5.41, 5.74) is -0.158. The third-order valence-electron chi connectivity index (χ3n) is 6.55. The fourth-order valence-corrected chi connectivity index (χ4v) is 4.37. The van der Waals surface area contributed by atoms with Crippen molar-refractivity contribution in [1.29, 1.82) is 0 Å². The van der Waals surface area contributed by atoms with E-state index < -0.39 is 44.0 Å². The summed E-state index contributed by atoms with van der Waals surface area (Å²) < 4.78 is 66.9. The largest absolute Gasteiger partial charge is 0.487 e. The minimum absolute atomic E-state index is 0.102. The third kappa shape index (κ3) is 8.82. The van der Waals surface area contributed by atoms with Crippen molar-refractivity contribution in [2.24, 2.45) is 0 Å². The van der Waals surface area contributed by atoms with Crippen molar-refractivity contribution in [3.05, 3.63) is 65.5 Å². The van der Waals surface area contributed by atoms with Crippen molar-refractivity contribution in [3.8, 4) is 5.75 Å². The van der Waals surface area contributed by atoms with Crippen molar-refractivity contribution in [2.75, 3.05) is 11.9 Å². The third-order valence-corrected chi connectivity index (χ3v) is 11.0. The Morgan fingerprint density at radius 3 is 2.28 bits per heavy atom. The molecule has 12 heteroatoms. The van der Waals surface area contributed by atoms with Gasteiger partial charge in [-0.05, 0) is 47.3 Å². The second-order valence-electron chi connectivity index (χ2n) is 10.5. The van der Waals surface area contributed by atoms with Crippen LogP contribution in [0.2, 0.25) is 18.1 Å². The van der Waals surface area contributed by atoms with Crippen LogP contribution in [0.25, 0.3) is 6.08 Å². The highest BCUT2D eigenvalue weighted by Crippen LogP contribution is 2.38. The Hall–Kier alpha value is -3.38. The molecule has 0 saturated heterocycles. The number of amides is 2. The summed E-state index contributed by atoms with van der Waals surface area (Å²) in [6, 6.07) is 8.94. The molecule has 0 saturated carbocycles. The first-order valence-corrected chi connectivity index (χ1v) is 15.0. The number of carbonyl (C=O) groups excluding carboxylic acids is 1. The molecule has 2 aromatic rings. The quantitative estimate of drug-likeness (QED) is 0.205. The number of alkyl halides is 3. The van der Waals surface area contributed by atoms with Crippen molar-refractivity contribution < 1.29 is 41.4 Å². The lowest BCUT2D eigenvalue weighted by Crippen LogP contribution is -2.47. The molecule has 7 nitrogen and oxygen atoms in total. The van der Waals surface area contributed by atoms with Gasteiger partial charge in [-0.2, -0.15) is 13.2 Å². The molecule has 0 radical (unpaired) electrons. The van der Waals surface area contributed by atoms with Crippen LogP contribution >= 0.6 is 0 Å². The van der Waals surface area contributed by atoms with Crippen molar-refractivity contribution in [2.45, 2.75) is 64.1 Å². The number of anilines is 1. The van der Waals surface area contributed by atoms with Gasteiger partial charge in [0.25, 0.3) is 0 Å². The average Bonchev–Trinajstić information content (AvgIpc) is 2.83. The zero-order chi connectivity index (χ0) is 29.6. The van der Waals surface area contributed by atoms with Crippen molar-refractivity contribution in [3.63, 3.8) is 0 Å². The molecule has 2 aromatic carbocycles. The molecule has 0 aliphatic heterocycles. The van der Waals surface area contributed by atoms with Gasteiger partial charge in [-0.25, -0.2) is 9.18 Å². The van der Waals surface area contributed by atoms with E-state index in [-0.39, 0.29) is 41.5 Å². The van der Waals surface area contributed by atoms with Crippen molar-refractivity contribution >= 4 is 32.1 Å². The van der Waals surface area contributed by atoms with E-state index in [9.17, 15) is 27.9 Å². The molecule has 0 aromatic heterocycles. The van der Waals surface area contributed by atoms with Gasteiger partial charge in [0.15, 0.2) is 14.1 Å². The number of carboxylic acid groups (broad SMARTS) is 1. The first kappa shape index (κ1) is 31.8. The van der Waals surface area contributed by atoms with Crippen LogP contribution in [0, 0.1) is 5.82 Å². The number of rotatable bonds is 11. The summed E-state index contributed by atoms with van der Waals surface area (Å²) in [7, 11) is -2.33. The predicted molar refractivity (Wildman–Crippen MR) is 144 cm³/mol. The zero-order valence-electron chi connectivity index (χ0n) is 22.5. The highest BCUT2D eigenvalue weighted by Gasteiger charge is 2.40. The fraction of sp³-hybridized carbons (Fsp3) is 0.407. The molecule has 2 rings (SSSR count). The standard InChI is InChI=1S/C27H34F4N2O5Si/c1-7-18-13-21(37-15-17-11-9-8-10-12-17)23(33-24(34)27(29,30)31)22(28)20(18)14-19(32-25(35)36)16-38-39(5,6)26(2,3)4/h7-13,19,32H,1,14-16H2,2-6H3,(H,33,34)(H,35,36)/t19-/m0/s1. The highest BCUT2D eigenvalue weighted by molar-refractivity contribution is 6.74. The normalized spacial score (nSPS) is 12.9. The topological polar surface area (TPSA) is 96.9 Å². The summed E-state index contributed by atoms with van der Waals surface area (Å²) in [5, 5.41) is 13.0. The van der Waals surface area contributed by atoms with Gasteiger partial charge in [-0.1, -0.05) is 63.8 Å². The Morgan fingerprint density at radius 2 is 1.77 bits per heavy atom. The number of carbonyl (C=O) groups is 2. The van der Waals surface area contributed by atoms with E-state index in [0.717, 1.165) is 0 Å². The number of halogens is 4. The number of benzene rings is 2. The van der Waals surface area contributed by atoms with Crippen molar-refractivity contribution in [1.82, 2.24) is 5.32 Å². The fourth-order valence-electron chi connectivity index (χ4n) is 3.32. The number of nitrogens with one attached hydrogen (secondary N) is 2. The number of hydrogen-bond donors (Lipinski definition) is 3. The SMILES string of the molecule is C=Cc1cc(OCc2ccccc2)c(NC(=O)C(F)(F)F)c(F)c1C[C@@H](CO[Si](C)(C)C(C)(C)C)NC(=O)O.